The first kappa shape index (κ1) is 13.6. The van der Waals surface area contributed by atoms with Gasteiger partial charge in [0.15, 0.2) is 0 Å². The summed E-state index contributed by atoms with van der Waals surface area (Å²) in [6.07, 6.45) is 12.3. The van der Waals surface area contributed by atoms with Gasteiger partial charge in [-0.25, -0.2) is 0 Å². The van der Waals surface area contributed by atoms with E-state index in [4.69, 9.17) is 0 Å². The highest BCUT2D eigenvalue weighted by Crippen LogP contribution is 2.60. The highest BCUT2D eigenvalue weighted by Gasteiger charge is 2.51. The Labute approximate surface area is 123 Å². The summed E-state index contributed by atoms with van der Waals surface area (Å²) in [6, 6.07) is 0. The molecule has 1 atom stereocenters. The van der Waals surface area contributed by atoms with Gasteiger partial charge in [0.2, 0.25) is 0 Å². The van der Waals surface area contributed by atoms with Crippen molar-refractivity contribution < 1.29 is 5.11 Å². The minimum absolute atomic E-state index is 0.407. The van der Waals surface area contributed by atoms with Crippen molar-refractivity contribution in [1.29, 1.82) is 0 Å². The monoisotopic (exact) mass is 277 g/mol. The summed E-state index contributed by atoms with van der Waals surface area (Å²) in [5, 5.41) is 10.3. The van der Waals surface area contributed by atoms with E-state index in [1.165, 1.54) is 38.8 Å². The van der Waals surface area contributed by atoms with Gasteiger partial charge in [0.25, 0.3) is 0 Å². The van der Waals surface area contributed by atoms with Crippen LogP contribution in [0.1, 0.15) is 64.7 Å². The van der Waals surface area contributed by atoms with Crippen LogP contribution in [-0.4, -0.2) is 35.2 Å². The molecule has 0 amide bonds. The normalized spacial score (nSPS) is 52.2. The number of likely N-dealkylation sites (tertiary alicyclic amines) is 1. The molecule has 114 valence electrons. The van der Waals surface area contributed by atoms with Crippen molar-refractivity contribution in [3.8, 4) is 0 Å². The maximum atomic E-state index is 10.3. The van der Waals surface area contributed by atoms with E-state index in [2.05, 4.69) is 4.90 Å². The maximum absolute atomic E-state index is 10.3. The van der Waals surface area contributed by atoms with Gasteiger partial charge in [-0.3, -0.25) is 0 Å². The van der Waals surface area contributed by atoms with Crippen LogP contribution in [0.25, 0.3) is 0 Å². The van der Waals surface area contributed by atoms with E-state index in [-0.39, 0.29) is 0 Å². The minimum Gasteiger partial charge on any atom is -0.390 e. The SMILES string of the molecule is CC1(O)CCCN(CC23CC4CC(CC(C4)C2)C3)CC1. The van der Waals surface area contributed by atoms with Crippen molar-refractivity contribution in [2.45, 2.75) is 70.3 Å². The van der Waals surface area contributed by atoms with Crippen LogP contribution in [-0.2, 0) is 0 Å². The Hall–Kier alpha value is -0.0800. The highest BCUT2D eigenvalue weighted by atomic mass is 16.3. The second kappa shape index (κ2) is 4.71. The van der Waals surface area contributed by atoms with E-state index in [0.717, 1.165) is 37.1 Å². The number of hydrogen-bond donors (Lipinski definition) is 1. The molecule has 1 aliphatic heterocycles. The fourth-order valence-electron chi connectivity index (χ4n) is 6.44. The summed E-state index contributed by atoms with van der Waals surface area (Å²) in [6.45, 7) is 5.71. The largest absolute Gasteiger partial charge is 0.390 e. The second-order valence-electron chi connectivity index (χ2n) is 9.04. The third-order valence-corrected chi connectivity index (χ3v) is 6.88. The number of rotatable bonds is 2. The highest BCUT2D eigenvalue weighted by molar-refractivity contribution is 5.02. The molecular weight excluding hydrogens is 246 g/mol. The molecule has 4 saturated carbocycles. The average molecular weight is 277 g/mol. The molecule has 0 aromatic heterocycles. The molecule has 0 aromatic rings. The van der Waals surface area contributed by atoms with Gasteiger partial charge in [-0.05, 0) is 94.4 Å². The van der Waals surface area contributed by atoms with Crippen LogP contribution in [0, 0.1) is 23.2 Å². The van der Waals surface area contributed by atoms with Gasteiger partial charge in [-0.15, -0.1) is 0 Å². The molecule has 1 unspecified atom stereocenters. The molecular formula is C18H31NO. The maximum Gasteiger partial charge on any atom is 0.0632 e. The van der Waals surface area contributed by atoms with E-state index in [9.17, 15) is 5.11 Å². The lowest BCUT2D eigenvalue weighted by atomic mass is 9.49. The van der Waals surface area contributed by atoms with Crippen LogP contribution in [0.3, 0.4) is 0 Å². The summed E-state index contributed by atoms with van der Waals surface area (Å²) >= 11 is 0. The van der Waals surface area contributed by atoms with Crippen molar-refractivity contribution in [3.63, 3.8) is 0 Å². The third kappa shape index (κ3) is 2.54. The summed E-state index contributed by atoms with van der Waals surface area (Å²) in [4.78, 5) is 2.70. The van der Waals surface area contributed by atoms with Crippen molar-refractivity contribution >= 4 is 0 Å². The Kier molecular flexibility index (Phi) is 3.20. The topological polar surface area (TPSA) is 23.5 Å². The lowest BCUT2D eigenvalue weighted by molar-refractivity contribution is -0.0694. The van der Waals surface area contributed by atoms with Crippen LogP contribution in [0.2, 0.25) is 0 Å². The number of hydrogen-bond acceptors (Lipinski definition) is 2. The summed E-state index contributed by atoms with van der Waals surface area (Å²) in [7, 11) is 0. The van der Waals surface area contributed by atoms with Gasteiger partial charge in [0.1, 0.15) is 0 Å². The van der Waals surface area contributed by atoms with Gasteiger partial charge < -0.3 is 10.0 Å². The van der Waals surface area contributed by atoms with Crippen LogP contribution in [0.4, 0.5) is 0 Å². The van der Waals surface area contributed by atoms with Crippen LogP contribution < -0.4 is 0 Å². The van der Waals surface area contributed by atoms with Gasteiger partial charge >= 0.3 is 0 Å². The number of aliphatic hydroxyl groups is 1. The molecule has 4 aliphatic carbocycles. The first-order chi connectivity index (χ1) is 9.52. The smallest absolute Gasteiger partial charge is 0.0632 e. The zero-order valence-electron chi connectivity index (χ0n) is 13.1. The zero-order chi connectivity index (χ0) is 13.8. The van der Waals surface area contributed by atoms with Crippen molar-refractivity contribution in [1.82, 2.24) is 4.90 Å². The molecule has 5 fully saturated rings. The molecule has 2 nitrogen and oxygen atoms in total. The molecule has 1 saturated heterocycles. The van der Waals surface area contributed by atoms with Crippen molar-refractivity contribution in [3.05, 3.63) is 0 Å². The van der Waals surface area contributed by atoms with Gasteiger partial charge in [0, 0.05) is 13.1 Å². The second-order valence-corrected chi connectivity index (χ2v) is 9.04. The Morgan fingerprint density at radius 2 is 1.55 bits per heavy atom. The van der Waals surface area contributed by atoms with E-state index in [1.807, 2.05) is 6.92 Å². The zero-order valence-corrected chi connectivity index (χ0v) is 13.1. The van der Waals surface area contributed by atoms with E-state index >= 15 is 0 Å². The van der Waals surface area contributed by atoms with Crippen LogP contribution in [0.15, 0.2) is 0 Å². The van der Waals surface area contributed by atoms with Gasteiger partial charge in [0.05, 0.1) is 5.60 Å². The van der Waals surface area contributed by atoms with Crippen LogP contribution >= 0.6 is 0 Å². The molecule has 20 heavy (non-hydrogen) atoms. The Morgan fingerprint density at radius 1 is 0.950 bits per heavy atom. The molecule has 4 bridgehead atoms. The van der Waals surface area contributed by atoms with Gasteiger partial charge in [-0.1, -0.05) is 0 Å². The van der Waals surface area contributed by atoms with Gasteiger partial charge in [-0.2, -0.15) is 0 Å². The first-order valence-electron chi connectivity index (χ1n) is 8.97. The minimum atomic E-state index is -0.407. The van der Waals surface area contributed by atoms with E-state index in [1.54, 1.807) is 19.3 Å². The Bertz CT molecular complexity index is 340. The molecule has 0 spiro atoms. The summed E-state index contributed by atoms with van der Waals surface area (Å²) < 4.78 is 0. The number of nitrogens with zero attached hydrogens (tertiary/aromatic N) is 1. The lowest BCUT2D eigenvalue weighted by Gasteiger charge is -2.58. The predicted octanol–water partition coefficient (Wildman–Crippen LogP) is 3.44. The Morgan fingerprint density at radius 3 is 2.15 bits per heavy atom. The van der Waals surface area contributed by atoms with Crippen LogP contribution in [0.5, 0.6) is 0 Å². The summed E-state index contributed by atoms with van der Waals surface area (Å²) in [5.41, 5.74) is 0.265. The quantitative estimate of drug-likeness (QED) is 0.836. The fraction of sp³-hybridized carbons (Fsp3) is 1.00. The molecule has 5 rings (SSSR count). The summed E-state index contributed by atoms with van der Waals surface area (Å²) in [5.74, 6) is 3.20. The fourth-order valence-corrected chi connectivity index (χ4v) is 6.44. The molecule has 2 heteroatoms. The van der Waals surface area contributed by atoms with Crippen molar-refractivity contribution in [2.75, 3.05) is 19.6 Å². The lowest BCUT2D eigenvalue weighted by Crippen LogP contribution is -2.51. The average Bonchev–Trinajstić information content (AvgIpc) is 2.48. The third-order valence-electron chi connectivity index (χ3n) is 6.88. The molecule has 1 heterocycles. The van der Waals surface area contributed by atoms with E-state index in [0.29, 0.717) is 5.41 Å². The first-order valence-corrected chi connectivity index (χ1v) is 8.97. The Balaban J connectivity index is 1.43. The molecule has 5 aliphatic rings. The van der Waals surface area contributed by atoms with Crippen molar-refractivity contribution in [2.24, 2.45) is 23.2 Å². The standard InChI is InChI=1S/C18H31NO/c1-17(20)3-2-5-19(6-4-17)13-18-10-14-7-15(11-18)9-16(8-14)12-18/h14-16,20H,2-13H2,1H3. The van der Waals surface area contributed by atoms with E-state index < -0.39 is 5.60 Å². The molecule has 0 aromatic carbocycles. The predicted molar refractivity (Wildman–Crippen MR) is 81.5 cm³/mol. The molecule has 0 radical (unpaired) electrons. The molecule has 1 N–H and O–H groups in total.